The van der Waals surface area contributed by atoms with Gasteiger partial charge in [0.15, 0.2) is 5.78 Å². The van der Waals surface area contributed by atoms with Gasteiger partial charge in [-0.3, -0.25) is 15.9 Å². The third-order valence-electron chi connectivity index (χ3n) is 6.54. The van der Waals surface area contributed by atoms with Crippen LogP contribution in [0.3, 0.4) is 0 Å². The molecule has 12 heteroatoms. The van der Waals surface area contributed by atoms with Gasteiger partial charge in [-0.25, -0.2) is 9.36 Å². The van der Waals surface area contributed by atoms with Crippen LogP contribution in [-0.2, 0) is 20.7 Å². The Labute approximate surface area is 268 Å². The first-order valence-electron chi connectivity index (χ1n) is 14.0. The molecule has 0 spiro atoms. The number of benzene rings is 4. The molecule has 0 radical (unpaired) electrons. The molecule has 0 aliphatic rings. The number of nitrogens with one attached hydrogen (secondary N) is 2. The van der Waals surface area contributed by atoms with Crippen molar-refractivity contribution in [2.45, 2.75) is 32.3 Å². The fourth-order valence-electron chi connectivity index (χ4n) is 4.23. The van der Waals surface area contributed by atoms with Gasteiger partial charge in [0, 0.05) is 0 Å². The van der Waals surface area contributed by atoms with Crippen LogP contribution in [0.1, 0.15) is 36.3 Å². The van der Waals surface area contributed by atoms with Gasteiger partial charge in [-0.1, -0.05) is 92.7 Å². The van der Waals surface area contributed by atoms with Crippen LogP contribution >= 0.6 is 7.60 Å². The summed E-state index contributed by atoms with van der Waals surface area (Å²) in [5, 5.41) is 11.2. The van der Waals surface area contributed by atoms with Crippen molar-refractivity contribution in [2.24, 2.45) is 11.7 Å². The number of hydrogen-bond acceptors (Lipinski definition) is 6. The monoisotopic (exact) mass is 650 g/mol. The number of amides is 2. The molecule has 0 fully saturated rings. The Bertz CT molecular complexity index is 1550. The van der Waals surface area contributed by atoms with E-state index < -0.39 is 31.4 Å². The second-order valence-corrected chi connectivity index (χ2v) is 12.2. The summed E-state index contributed by atoms with van der Waals surface area (Å²) in [6.45, 7) is 3.57. The molecule has 0 bridgehead atoms. The second kappa shape index (κ2) is 16.3. The van der Waals surface area contributed by atoms with E-state index in [2.05, 4.69) is 10.6 Å². The zero-order valence-corrected chi connectivity index (χ0v) is 26.5. The van der Waals surface area contributed by atoms with Crippen molar-refractivity contribution >= 4 is 25.4 Å². The largest absolute Gasteiger partial charge is 1.00 e. The predicted octanol–water partition coefficient (Wildman–Crippen LogP) is 1.57. The summed E-state index contributed by atoms with van der Waals surface area (Å²) in [6, 6.07) is 31.7. The number of carbonyl (C=O) groups is 2. The Morgan fingerprint density at radius 1 is 0.778 bits per heavy atom. The molecular formula is C33H36ClN4O6P. The number of alkyl carbamates (subject to hydrolysis) is 1. The van der Waals surface area contributed by atoms with Crippen molar-refractivity contribution in [1.29, 1.82) is 0 Å². The zero-order valence-electron chi connectivity index (χ0n) is 24.8. The highest BCUT2D eigenvalue weighted by molar-refractivity contribution is 7.55. The van der Waals surface area contributed by atoms with Crippen LogP contribution in [0, 0.1) is 5.92 Å². The first-order valence-corrected chi connectivity index (χ1v) is 15.6. The standard InChI is InChI=1S/C33H35N4O6P.ClH/c1-23(2)29(36-33(39)41-22-24-12-6-3-7-13-24)31(38)37-32(26-20-18-25(19-21-26)30(34)35)44(40,42-27-14-8-4-9-15-27)43-28-16-10-5-11-17-28;/h3-21,23,29,32H,22H2,1-2H3,(H3,34,35)(H,36,39)(H,37,38);1H/t29-,32?;/m0./s1. The average Bonchev–Trinajstić information content (AvgIpc) is 3.02. The van der Waals surface area contributed by atoms with E-state index in [1.807, 2.05) is 30.3 Å². The van der Waals surface area contributed by atoms with Crippen molar-refractivity contribution in [3.8, 4) is 11.5 Å². The summed E-state index contributed by atoms with van der Waals surface area (Å²) in [5.41, 5.74) is 7.50. The van der Waals surface area contributed by atoms with Crippen LogP contribution in [0.15, 0.2) is 115 Å². The molecule has 10 nitrogen and oxygen atoms in total. The molecule has 2 amide bonds. The summed E-state index contributed by atoms with van der Waals surface area (Å²) in [4.78, 5) is 26.6. The van der Waals surface area contributed by atoms with Gasteiger partial charge in [0.25, 0.3) is 5.84 Å². The summed E-state index contributed by atoms with van der Waals surface area (Å²) in [5.74, 6) is -1.66. The zero-order chi connectivity index (χ0) is 31.5. The first-order chi connectivity index (χ1) is 21.1. The van der Waals surface area contributed by atoms with Gasteiger partial charge in [-0.2, -0.15) is 0 Å². The number of nitrogens with two attached hydrogens (primary N) is 2. The lowest BCUT2D eigenvalue weighted by Gasteiger charge is -2.30. The van der Waals surface area contributed by atoms with Crippen molar-refractivity contribution < 1.29 is 45.8 Å². The van der Waals surface area contributed by atoms with Gasteiger partial charge in [0.05, 0.1) is 5.56 Å². The lowest BCUT2D eigenvalue weighted by atomic mass is 10.0. The Hall–Kier alpha value is -4.79. The van der Waals surface area contributed by atoms with Crippen molar-refractivity contribution in [3.63, 3.8) is 0 Å². The molecule has 0 heterocycles. The summed E-state index contributed by atoms with van der Waals surface area (Å²) < 4.78 is 32.3. The predicted molar refractivity (Wildman–Crippen MR) is 168 cm³/mol. The fourth-order valence-corrected chi connectivity index (χ4v) is 6.14. The maximum absolute atomic E-state index is 14.9. The number of ether oxygens (including phenoxy) is 1. The Morgan fingerprint density at radius 3 is 1.73 bits per heavy atom. The normalized spacial score (nSPS) is 12.2. The third kappa shape index (κ3) is 9.86. The van der Waals surface area contributed by atoms with E-state index in [4.69, 9.17) is 24.9 Å². The van der Waals surface area contributed by atoms with Gasteiger partial charge in [0.1, 0.15) is 24.1 Å². The minimum atomic E-state index is -4.29. The van der Waals surface area contributed by atoms with Crippen molar-refractivity contribution in [1.82, 2.24) is 10.6 Å². The number of halogens is 1. The highest BCUT2D eigenvalue weighted by atomic mass is 35.5. The minimum absolute atomic E-state index is 0. The number of amidine groups is 1. The second-order valence-electron chi connectivity index (χ2n) is 10.3. The molecule has 0 aliphatic heterocycles. The maximum atomic E-state index is 14.9. The van der Waals surface area contributed by atoms with E-state index in [1.165, 1.54) is 0 Å². The van der Waals surface area contributed by atoms with Gasteiger partial charge < -0.3 is 36.8 Å². The SMILES string of the molecule is CC(C)[C@H](NC(=O)OCc1ccccc1)C(=O)NC(c1ccc(C(N)=[NH2+])cc1)P(=O)(Oc1ccccc1)Oc1ccccc1.[Cl-]. The highest BCUT2D eigenvalue weighted by Gasteiger charge is 2.43. The molecular weight excluding hydrogens is 615 g/mol. The van der Waals surface area contributed by atoms with E-state index in [0.717, 1.165) is 5.56 Å². The number of hydrogen-bond donors (Lipinski definition) is 4. The van der Waals surface area contributed by atoms with E-state index >= 15 is 0 Å². The summed E-state index contributed by atoms with van der Waals surface area (Å²) >= 11 is 0. The van der Waals surface area contributed by atoms with E-state index in [-0.39, 0.29) is 42.3 Å². The number of rotatable bonds is 13. The molecule has 0 saturated heterocycles. The molecule has 236 valence electrons. The fraction of sp³-hybridized carbons (Fsp3) is 0.182. The topological polar surface area (TPSA) is 155 Å². The maximum Gasteiger partial charge on any atom is 0.457 e. The van der Waals surface area contributed by atoms with Gasteiger partial charge in [-0.05, 0) is 53.4 Å². The lowest BCUT2D eigenvalue weighted by molar-refractivity contribution is -0.124. The first kappa shape index (κ1) is 34.7. The smallest absolute Gasteiger partial charge is 0.457 e. The van der Waals surface area contributed by atoms with E-state index in [9.17, 15) is 14.2 Å². The minimum Gasteiger partial charge on any atom is -1.00 e. The van der Waals surface area contributed by atoms with Crippen LogP contribution in [0.2, 0.25) is 0 Å². The van der Waals surface area contributed by atoms with Crippen molar-refractivity contribution in [3.05, 3.63) is 132 Å². The van der Waals surface area contributed by atoms with Gasteiger partial charge in [0.2, 0.25) is 5.91 Å². The quantitative estimate of drug-likeness (QED) is 0.0973. The molecule has 4 aromatic rings. The Morgan fingerprint density at radius 2 is 1.27 bits per heavy atom. The molecule has 0 aromatic heterocycles. The Kier molecular flexibility index (Phi) is 12.6. The van der Waals surface area contributed by atoms with Crippen LogP contribution < -0.4 is 43.2 Å². The number of para-hydroxylation sites is 2. The molecule has 0 aliphatic carbocycles. The van der Waals surface area contributed by atoms with Crippen molar-refractivity contribution in [2.75, 3.05) is 0 Å². The van der Waals surface area contributed by atoms with Crippen LogP contribution in [0.4, 0.5) is 4.79 Å². The molecule has 0 saturated carbocycles. The molecule has 45 heavy (non-hydrogen) atoms. The Balaban J connectivity index is 0.00000552. The highest BCUT2D eigenvalue weighted by Crippen LogP contribution is 2.59. The number of carbonyl (C=O) groups excluding carboxylic acids is 2. The summed E-state index contributed by atoms with van der Waals surface area (Å²) in [6.07, 6.45) is -0.776. The molecule has 4 aromatic carbocycles. The lowest BCUT2D eigenvalue weighted by Crippen LogP contribution is -3.00. The third-order valence-corrected chi connectivity index (χ3v) is 8.53. The van der Waals surface area contributed by atoms with Gasteiger partial charge >= 0.3 is 13.7 Å². The summed E-state index contributed by atoms with van der Waals surface area (Å²) in [7, 11) is -4.29. The molecule has 2 atom stereocenters. The molecule has 4 rings (SSSR count). The molecule has 1 unspecified atom stereocenters. The van der Waals surface area contributed by atoms with Gasteiger partial charge in [-0.15, -0.1) is 0 Å². The molecule has 6 N–H and O–H groups in total. The van der Waals surface area contributed by atoms with Crippen LogP contribution in [0.5, 0.6) is 11.5 Å². The van der Waals surface area contributed by atoms with Crippen LogP contribution in [0.25, 0.3) is 0 Å². The van der Waals surface area contributed by atoms with Crippen LogP contribution in [-0.4, -0.2) is 23.9 Å². The average molecular weight is 651 g/mol. The van der Waals surface area contributed by atoms with E-state index in [1.54, 1.807) is 98.8 Å². The van der Waals surface area contributed by atoms with E-state index in [0.29, 0.717) is 11.1 Å².